The number of hydrogen-bond acceptors (Lipinski definition) is 5. The van der Waals surface area contributed by atoms with E-state index >= 15 is 0 Å². The molecule has 1 aliphatic rings. The zero-order valence-electron chi connectivity index (χ0n) is 13.3. The van der Waals surface area contributed by atoms with Crippen molar-refractivity contribution in [3.05, 3.63) is 17.8 Å². The van der Waals surface area contributed by atoms with Crippen molar-refractivity contribution < 1.29 is 14.1 Å². The lowest BCUT2D eigenvalue weighted by molar-refractivity contribution is 0.0270. The molecule has 0 fully saturated rings. The molecule has 1 aromatic rings. The van der Waals surface area contributed by atoms with Crippen LogP contribution in [-0.2, 0) is 4.74 Å². The van der Waals surface area contributed by atoms with Crippen molar-refractivity contribution in [2.75, 3.05) is 13.1 Å². The summed E-state index contributed by atoms with van der Waals surface area (Å²) in [4.78, 5) is 18.0. The van der Waals surface area contributed by atoms with Crippen molar-refractivity contribution in [3.63, 3.8) is 0 Å². The minimum absolute atomic E-state index is 0.241. The second-order valence-electron chi connectivity index (χ2n) is 6.52. The van der Waals surface area contributed by atoms with Gasteiger partial charge in [-0.1, -0.05) is 25.1 Å². The number of carbonyl (C=O) groups excluding carboxylic acids is 1. The maximum atomic E-state index is 12.0. The van der Waals surface area contributed by atoms with Gasteiger partial charge in [0, 0.05) is 24.6 Å². The standard InChI is InChI=1S/C15H23N3O3/c1-10(2)12-16-13(21-17-12)11-6-8-18(9-7-11)14(19)20-15(3,4)5/h6,10H,7-9H2,1-5H3. The summed E-state index contributed by atoms with van der Waals surface area (Å²) in [6.45, 7) is 10.7. The first-order valence-corrected chi connectivity index (χ1v) is 7.27. The molecule has 1 amide bonds. The third-order valence-electron chi connectivity index (χ3n) is 3.09. The third-order valence-corrected chi connectivity index (χ3v) is 3.09. The Morgan fingerprint density at radius 1 is 1.43 bits per heavy atom. The first kappa shape index (κ1) is 15.5. The van der Waals surface area contributed by atoms with Crippen molar-refractivity contribution in [1.82, 2.24) is 15.0 Å². The van der Waals surface area contributed by atoms with E-state index in [0.717, 1.165) is 5.57 Å². The van der Waals surface area contributed by atoms with Crippen LogP contribution in [0.5, 0.6) is 0 Å². The number of nitrogens with zero attached hydrogens (tertiary/aromatic N) is 3. The fraction of sp³-hybridized carbons (Fsp3) is 0.667. The Morgan fingerprint density at radius 2 is 2.14 bits per heavy atom. The highest BCUT2D eigenvalue weighted by molar-refractivity contribution is 5.71. The molecule has 0 saturated carbocycles. The molecule has 1 aliphatic heterocycles. The summed E-state index contributed by atoms with van der Waals surface area (Å²) in [5.41, 5.74) is 0.522. The van der Waals surface area contributed by atoms with Gasteiger partial charge in [-0.25, -0.2) is 4.79 Å². The SMILES string of the molecule is CC(C)c1noc(C2=CCN(C(=O)OC(C)(C)C)CC2)n1. The van der Waals surface area contributed by atoms with Crippen molar-refractivity contribution in [2.24, 2.45) is 0 Å². The number of amides is 1. The molecule has 6 nitrogen and oxygen atoms in total. The Balaban J connectivity index is 2.00. The Kier molecular flexibility index (Phi) is 4.34. The molecule has 6 heteroatoms. The molecule has 1 aromatic heterocycles. The summed E-state index contributed by atoms with van der Waals surface area (Å²) in [7, 11) is 0. The van der Waals surface area contributed by atoms with Gasteiger partial charge in [-0.15, -0.1) is 0 Å². The van der Waals surface area contributed by atoms with Crippen LogP contribution in [0.2, 0.25) is 0 Å². The molecule has 0 aliphatic carbocycles. The highest BCUT2D eigenvalue weighted by Crippen LogP contribution is 2.23. The van der Waals surface area contributed by atoms with Crippen LogP contribution in [0.4, 0.5) is 4.79 Å². The molecular formula is C15H23N3O3. The fourth-order valence-electron chi connectivity index (χ4n) is 1.96. The average molecular weight is 293 g/mol. The van der Waals surface area contributed by atoms with Crippen molar-refractivity contribution in [1.29, 1.82) is 0 Å². The number of ether oxygens (including phenoxy) is 1. The smallest absolute Gasteiger partial charge is 0.410 e. The van der Waals surface area contributed by atoms with Gasteiger partial charge in [-0.3, -0.25) is 0 Å². The summed E-state index contributed by atoms with van der Waals surface area (Å²) < 4.78 is 10.6. The summed E-state index contributed by atoms with van der Waals surface area (Å²) in [6.07, 6.45) is 2.36. The highest BCUT2D eigenvalue weighted by atomic mass is 16.6. The molecule has 0 bridgehead atoms. The predicted octanol–water partition coefficient (Wildman–Crippen LogP) is 3.22. The Bertz CT molecular complexity index is 541. The Morgan fingerprint density at radius 3 is 2.62 bits per heavy atom. The van der Waals surface area contributed by atoms with Gasteiger partial charge in [0.05, 0.1) is 0 Å². The quantitative estimate of drug-likeness (QED) is 0.837. The summed E-state index contributed by atoms with van der Waals surface area (Å²) in [5.74, 6) is 1.51. The largest absolute Gasteiger partial charge is 0.444 e. The first-order valence-electron chi connectivity index (χ1n) is 7.27. The molecule has 0 aromatic carbocycles. The lowest BCUT2D eigenvalue weighted by Crippen LogP contribution is -2.39. The van der Waals surface area contributed by atoms with E-state index in [1.54, 1.807) is 4.90 Å². The van der Waals surface area contributed by atoms with Crippen molar-refractivity contribution in [2.45, 2.75) is 52.6 Å². The monoisotopic (exact) mass is 293 g/mol. The second kappa shape index (κ2) is 5.87. The first-order chi connectivity index (χ1) is 9.76. The summed E-state index contributed by atoms with van der Waals surface area (Å²) >= 11 is 0. The van der Waals surface area contributed by atoms with E-state index in [9.17, 15) is 4.79 Å². The molecule has 0 spiro atoms. The molecule has 21 heavy (non-hydrogen) atoms. The number of aromatic nitrogens is 2. The Hall–Kier alpha value is -1.85. The molecule has 0 atom stereocenters. The average Bonchev–Trinajstić information content (AvgIpc) is 2.86. The second-order valence-corrected chi connectivity index (χ2v) is 6.52. The summed E-state index contributed by atoms with van der Waals surface area (Å²) in [6, 6.07) is 0. The molecule has 2 rings (SSSR count). The van der Waals surface area contributed by atoms with Gasteiger partial charge in [-0.2, -0.15) is 4.98 Å². The molecule has 2 heterocycles. The zero-order valence-corrected chi connectivity index (χ0v) is 13.3. The molecule has 0 radical (unpaired) electrons. The van der Waals surface area contributed by atoms with E-state index in [0.29, 0.717) is 31.2 Å². The van der Waals surface area contributed by atoms with Crippen LogP contribution >= 0.6 is 0 Å². The molecule has 0 unspecified atom stereocenters. The summed E-state index contributed by atoms with van der Waals surface area (Å²) in [5, 5.41) is 3.96. The van der Waals surface area contributed by atoms with Crippen LogP contribution in [0.25, 0.3) is 5.57 Å². The van der Waals surface area contributed by atoms with E-state index < -0.39 is 5.60 Å². The lowest BCUT2D eigenvalue weighted by Gasteiger charge is -2.28. The van der Waals surface area contributed by atoms with Gasteiger partial charge >= 0.3 is 6.09 Å². The van der Waals surface area contributed by atoms with Gasteiger partial charge in [0.2, 0.25) is 0 Å². The van der Waals surface area contributed by atoms with Crippen molar-refractivity contribution in [3.8, 4) is 0 Å². The van der Waals surface area contributed by atoms with Crippen LogP contribution in [0.3, 0.4) is 0 Å². The number of hydrogen-bond donors (Lipinski definition) is 0. The predicted molar refractivity (Wildman–Crippen MR) is 78.8 cm³/mol. The van der Waals surface area contributed by atoms with Crippen LogP contribution in [0.15, 0.2) is 10.6 Å². The highest BCUT2D eigenvalue weighted by Gasteiger charge is 2.25. The molecule has 0 saturated heterocycles. The number of carbonyl (C=O) groups is 1. The molecule has 116 valence electrons. The van der Waals surface area contributed by atoms with Gasteiger partial charge in [0.1, 0.15) is 5.60 Å². The van der Waals surface area contributed by atoms with Gasteiger partial charge in [0.25, 0.3) is 5.89 Å². The van der Waals surface area contributed by atoms with E-state index in [-0.39, 0.29) is 12.0 Å². The van der Waals surface area contributed by atoms with Crippen LogP contribution < -0.4 is 0 Å². The van der Waals surface area contributed by atoms with E-state index in [2.05, 4.69) is 10.1 Å². The normalized spacial score (nSPS) is 16.1. The van der Waals surface area contributed by atoms with E-state index in [1.807, 2.05) is 40.7 Å². The Labute approximate surface area is 125 Å². The number of rotatable bonds is 2. The topological polar surface area (TPSA) is 68.5 Å². The van der Waals surface area contributed by atoms with Crippen LogP contribution in [0.1, 0.15) is 58.7 Å². The minimum Gasteiger partial charge on any atom is -0.444 e. The lowest BCUT2D eigenvalue weighted by atomic mass is 10.1. The van der Waals surface area contributed by atoms with E-state index in [4.69, 9.17) is 9.26 Å². The van der Waals surface area contributed by atoms with Crippen molar-refractivity contribution >= 4 is 11.7 Å². The third kappa shape index (κ3) is 4.06. The fourth-order valence-corrected chi connectivity index (χ4v) is 1.96. The maximum absolute atomic E-state index is 12.0. The zero-order chi connectivity index (χ0) is 15.6. The van der Waals surface area contributed by atoms with Gasteiger partial charge < -0.3 is 14.2 Å². The van der Waals surface area contributed by atoms with Crippen LogP contribution in [-0.4, -0.2) is 39.8 Å². The minimum atomic E-state index is -0.472. The van der Waals surface area contributed by atoms with Gasteiger partial charge in [-0.05, 0) is 27.2 Å². The molecule has 0 N–H and O–H groups in total. The molecular weight excluding hydrogens is 270 g/mol. The van der Waals surface area contributed by atoms with E-state index in [1.165, 1.54) is 0 Å². The maximum Gasteiger partial charge on any atom is 0.410 e. The van der Waals surface area contributed by atoms with Gasteiger partial charge in [0.15, 0.2) is 5.82 Å². The van der Waals surface area contributed by atoms with Crippen LogP contribution in [0, 0.1) is 0 Å².